The normalized spacial score (nSPS) is 20.6. The fourth-order valence-electron chi connectivity index (χ4n) is 5.32. The van der Waals surface area contributed by atoms with E-state index in [1.165, 1.54) is 14.2 Å². The van der Waals surface area contributed by atoms with Gasteiger partial charge in [-0.2, -0.15) is 13.2 Å². The van der Waals surface area contributed by atoms with Crippen LogP contribution in [0.5, 0.6) is 11.5 Å². The van der Waals surface area contributed by atoms with E-state index in [4.69, 9.17) is 9.47 Å². The second-order valence-electron chi connectivity index (χ2n) is 10.6. The molecule has 0 radical (unpaired) electrons. The third-order valence-electron chi connectivity index (χ3n) is 7.19. The van der Waals surface area contributed by atoms with Gasteiger partial charge in [-0.15, -0.1) is 0 Å². The van der Waals surface area contributed by atoms with Crippen LogP contribution in [0.3, 0.4) is 0 Å². The Morgan fingerprint density at radius 3 is 2.28 bits per heavy atom. The number of ketones is 1. The number of nitrogens with zero attached hydrogens (tertiary/aromatic N) is 1. The summed E-state index contributed by atoms with van der Waals surface area (Å²) < 4.78 is 55.4. The number of nitrogens with one attached hydrogen (secondary N) is 1. The summed E-state index contributed by atoms with van der Waals surface area (Å²) in [4.78, 5) is 41.1. The highest BCUT2D eigenvalue weighted by molar-refractivity contribution is 6.13. The largest absolute Gasteiger partial charge is 0.497 e. The number of aryl methyl sites for hydroxylation is 1. The quantitative estimate of drug-likeness (QED) is 0.519. The first kappa shape index (κ1) is 28.2. The lowest BCUT2D eigenvalue weighted by atomic mass is 9.72. The lowest BCUT2D eigenvalue weighted by Crippen LogP contribution is -2.66. The topological polar surface area (TPSA) is 84.9 Å². The lowest BCUT2D eigenvalue weighted by Gasteiger charge is -2.35. The maximum Gasteiger partial charge on any atom is 0.425 e. The van der Waals surface area contributed by atoms with Gasteiger partial charge in [0.25, 0.3) is 5.91 Å². The SMILES string of the molecule is COc1ccc(CCC(=O)N[C@]2(C(F)(F)F)C(=O)N(Cc3ccccc3OC)C3=C2C(=O)CC(C)(C)C3)cc1. The molecule has 1 N–H and O–H groups in total. The van der Waals surface area contributed by atoms with Crippen molar-refractivity contribution in [1.29, 1.82) is 0 Å². The van der Waals surface area contributed by atoms with Gasteiger partial charge in [0, 0.05) is 24.1 Å². The second-order valence-corrected chi connectivity index (χ2v) is 10.6. The molecule has 0 saturated heterocycles. The van der Waals surface area contributed by atoms with Gasteiger partial charge >= 0.3 is 6.18 Å². The number of hydrogen-bond donors (Lipinski definition) is 1. The van der Waals surface area contributed by atoms with Crippen molar-refractivity contribution < 1.29 is 37.0 Å². The van der Waals surface area contributed by atoms with Crippen LogP contribution in [0.4, 0.5) is 13.2 Å². The minimum Gasteiger partial charge on any atom is -0.497 e. The smallest absolute Gasteiger partial charge is 0.425 e. The molecule has 4 rings (SSSR count). The highest BCUT2D eigenvalue weighted by Gasteiger charge is 2.71. The molecule has 2 aliphatic rings. The number of carbonyl (C=O) groups is 3. The average Bonchev–Trinajstić information content (AvgIpc) is 3.10. The molecule has 1 aliphatic carbocycles. The molecular formula is C29H31F3N2O5. The molecular weight excluding hydrogens is 513 g/mol. The summed E-state index contributed by atoms with van der Waals surface area (Å²) in [5.74, 6) is -2.19. The first-order valence-corrected chi connectivity index (χ1v) is 12.5. The molecule has 1 heterocycles. The number of methoxy groups -OCH3 is 2. The van der Waals surface area contributed by atoms with Crippen molar-refractivity contribution in [1.82, 2.24) is 10.2 Å². The van der Waals surface area contributed by atoms with Gasteiger partial charge in [-0.1, -0.05) is 44.2 Å². The fourth-order valence-corrected chi connectivity index (χ4v) is 5.32. The maximum absolute atomic E-state index is 15.0. The minimum absolute atomic E-state index is 0.0139. The summed E-state index contributed by atoms with van der Waals surface area (Å²) in [5.41, 5.74) is -3.66. The van der Waals surface area contributed by atoms with E-state index < -0.39 is 40.3 Å². The van der Waals surface area contributed by atoms with Crippen LogP contribution in [0.15, 0.2) is 59.8 Å². The number of rotatable bonds is 8. The molecule has 10 heteroatoms. The van der Waals surface area contributed by atoms with E-state index in [2.05, 4.69) is 0 Å². The first-order valence-electron chi connectivity index (χ1n) is 12.5. The van der Waals surface area contributed by atoms with Crippen molar-refractivity contribution in [2.24, 2.45) is 5.41 Å². The monoisotopic (exact) mass is 544 g/mol. The third kappa shape index (κ3) is 5.24. The molecule has 208 valence electrons. The van der Waals surface area contributed by atoms with Crippen LogP contribution >= 0.6 is 0 Å². The molecule has 0 fully saturated rings. The molecule has 0 aromatic heterocycles. The van der Waals surface area contributed by atoms with Gasteiger partial charge in [0.2, 0.25) is 11.4 Å². The standard InChI is InChI=1S/C29H31F3N2O5/c1-27(2)15-21-25(22(35)16-27)28(29(30,31)32,26(37)34(21)17-19-7-5-6-8-23(19)39-4)33-24(36)14-11-18-9-12-20(38-3)13-10-18/h5-10,12-13H,11,14-17H2,1-4H3,(H,33,36)/t28-/m0/s1. The van der Waals surface area contributed by atoms with Gasteiger partial charge < -0.3 is 19.7 Å². The second kappa shape index (κ2) is 10.4. The summed E-state index contributed by atoms with van der Waals surface area (Å²) in [7, 11) is 2.93. The lowest BCUT2D eigenvalue weighted by molar-refractivity contribution is -0.194. The molecule has 1 aliphatic heterocycles. The minimum atomic E-state index is -5.26. The molecule has 39 heavy (non-hydrogen) atoms. The number of para-hydroxylation sites is 1. The van der Waals surface area contributed by atoms with Gasteiger partial charge in [-0.05, 0) is 42.0 Å². The molecule has 2 aromatic rings. The molecule has 7 nitrogen and oxygen atoms in total. The molecule has 0 spiro atoms. The van der Waals surface area contributed by atoms with Gasteiger partial charge in [-0.25, -0.2) is 0 Å². The summed E-state index contributed by atoms with van der Waals surface area (Å²) in [5, 5.41) is 1.99. The van der Waals surface area contributed by atoms with Crippen LogP contribution in [-0.4, -0.2) is 48.4 Å². The van der Waals surface area contributed by atoms with E-state index in [1.54, 1.807) is 62.4 Å². The number of hydrogen-bond acceptors (Lipinski definition) is 5. The summed E-state index contributed by atoms with van der Waals surface area (Å²) in [6.07, 6.45) is -5.55. The Labute approximate surface area is 225 Å². The van der Waals surface area contributed by atoms with Gasteiger partial charge in [0.1, 0.15) is 11.5 Å². The van der Waals surface area contributed by atoms with E-state index in [0.29, 0.717) is 22.6 Å². The van der Waals surface area contributed by atoms with Crippen molar-refractivity contribution in [3.8, 4) is 11.5 Å². The zero-order chi connectivity index (χ0) is 28.6. The van der Waals surface area contributed by atoms with Crippen molar-refractivity contribution >= 4 is 17.6 Å². The Bertz CT molecular complexity index is 1320. The van der Waals surface area contributed by atoms with Crippen LogP contribution < -0.4 is 14.8 Å². The molecule has 0 bridgehead atoms. The number of ether oxygens (including phenoxy) is 2. The Kier molecular flexibility index (Phi) is 7.51. The first-order chi connectivity index (χ1) is 18.3. The number of halogens is 3. The maximum atomic E-state index is 15.0. The van der Waals surface area contributed by atoms with E-state index in [9.17, 15) is 27.6 Å². The van der Waals surface area contributed by atoms with Crippen LogP contribution in [0, 0.1) is 5.41 Å². The number of allylic oxidation sites excluding steroid dienone is 1. The van der Waals surface area contributed by atoms with Crippen LogP contribution in [0.25, 0.3) is 0 Å². The van der Waals surface area contributed by atoms with Gasteiger partial charge in [-0.3, -0.25) is 14.4 Å². The van der Waals surface area contributed by atoms with E-state index in [0.717, 1.165) is 4.90 Å². The Morgan fingerprint density at radius 1 is 1.00 bits per heavy atom. The number of amides is 2. The number of benzene rings is 2. The van der Waals surface area contributed by atoms with Crippen molar-refractivity contribution in [3.63, 3.8) is 0 Å². The van der Waals surface area contributed by atoms with Crippen molar-refractivity contribution in [3.05, 3.63) is 70.9 Å². The molecule has 0 saturated carbocycles. The van der Waals surface area contributed by atoms with Crippen molar-refractivity contribution in [2.45, 2.75) is 57.8 Å². The number of carbonyl (C=O) groups excluding carboxylic acids is 3. The van der Waals surface area contributed by atoms with Crippen LogP contribution in [0.2, 0.25) is 0 Å². The van der Waals surface area contributed by atoms with Crippen molar-refractivity contribution in [2.75, 3.05) is 14.2 Å². The predicted molar refractivity (Wildman–Crippen MR) is 137 cm³/mol. The van der Waals surface area contributed by atoms with Gasteiger partial charge in [0.15, 0.2) is 5.78 Å². The predicted octanol–water partition coefficient (Wildman–Crippen LogP) is 4.74. The van der Waals surface area contributed by atoms with Gasteiger partial charge in [0.05, 0.1) is 26.3 Å². The molecule has 2 amide bonds. The Hall–Kier alpha value is -3.82. The molecule has 2 aromatic carbocycles. The summed E-state index contributed by atoms with van der Waals surface area (Å²) in [6, 6.07) is 13.4. The molecule has 1 atom stereocenters. The Balaban J connectivity index is 1.72. The highest BCUT2D eigenvalue weighted by Crippen LogP contribution is 2.52. The third-order valence-corrected chi connectivity index (χ3v) is 7.19. The van der Waals surface area contributed by atoms with E-state index >= 15 is 0 Å². The zero-order valence-electron chi connectivity index (χ0n) is 22.3. The highest BCUT2D eigenvalue weighted by atomic mass is 19.4. The zero-order valence-corrected chi connectivity index (χ0v) is 22.3. The summed E-state index contributed by atoms with van der Waals surface area (Å²) in [6.45, 7) is 3.29. The average molecular weight is 545 g/mol. The van der Waals surface area contributed by atoms with E-state index in [-0.39, 0.29) is 37.9 Å². The number of Topliss-reactive ketones (excluding diaryl/α,β-unsaturated/α-hetero) is 1. The number of alkyl halides is 3. The fraction of sp³-hybridized carbons (Fsp3) is 0.414. The van der Waals surface area contributed by atoms with E-state index in [1.807, 2.05) is 5.32 Å². The Morgan fingerprint density at radius 2 is 1.67 bits per heavy atom. The molecule has 0 unspecified atom stereocenters. The summed E-state index contributed by atoms with van der Waals surface area (Å²) >= 11 is 0. The van der Waals surface area contributed by atoms with Crippen LogP contribution in [0.1, 0.15) is 44.2 Å². The van der Waals surface area contributed by atoms with Crippen LogP contribution in [-0.2, 0) is 27.3 Å².